The lowest BCUT2D eigenvalue weighted by molar-refractivity contribution is -0.113. The van der Waals surface area contributed by atoms with Gasteiger partial charge >= 0.3 is 0 Å². The fraction of sp³-hybridized carbons (Fsp3) is 0.167. The molecule has 2 aromatic carbocycles. The largest absolute Gasteiger partial charge is 0.325 e. The minimum absolute atomic E-state index is 0.0918. The molecule has 2 heterocycles. The van der Waals surface area contributed by atoms with Crippen LogP contribution in [0.4, 0.5) is 5.69 Å². The molecule has 6 nitrogen and oxygen atoms in total. The maximum Gasteiger partial charge on any atom is 0.234 e. The van der Waals surface area contributed by atoms with E-state index in [9.17, 15) is 4.79 Å². The Morgan fingerprint density at radius 3 is 2.52 bits per heavy atom. The summed E-state index contributed by atoms with van der Waals surface area (Å²) in [5.74, 6) is 1.15. The molecule has 0 atom stereocenters. The second-order valence-electron chi connectivity index (χ2n) is 7.30. The van der Waals surface area contributed by atoms with Crippen molar-refractivity contribution in [1.29, 1.82) is 0 Å². The first-order valence-corrected chi connectivity index (χ1v) is 11.0. The van der Waals surface area contributed by atoms with Crippen LogP contribution >= 0.6 is 11.8 Å². The van der Waals surface area contributed by atoms with E-state index >= 15 is 0 Å². The predicted molar refractivity (Wildman–Crippen MR) is 124 cm³/mol. The molecule has 0 aliphatic heterocycles. The monoisotopic (exact) mass is 429 g/mol. The van der Waals surface area contributed by atoms with Gasteiger partial charge < -0.3 is 5.32 Å². The number of para-hydroxylation sites is 2. The average Bonchev–Trinajstić information content (AvgIpc) is 3.23. The summed E-state index contributed by atoms with van der Waals surface area (Å²) in [6.07, 6.45) is 3.50. The molecule has 7 heteroatoms. The zero-order chi connectivity index (χ0) is 21.6. The van der Waals surface area contributed by atoms with Crippen LogP contribution in [0.25, 0.3) is 17.1 Å². The smallest absolute Gasteiger partial charge is 0.234 e. The number of rotatable bonds is 7. The molecule has 2 aromatic heterocycles. The summed E-state index contributed by atoms with van der Waals surface area (Å²) in [5.41, 5.74) is 3.83. The van der Waals surface area contributed by atoms with Gasteiger partial charge in [-0.1, -0.05) is 62.0 Å². The zero-order valence-corrected chi connectivity index (χ0v) is 18.2. The van der Waals surface area contributed by atoms with E-state index in [0.29, 0.717) is 16.9 Å². The van der Waals surface area contributed by atoms with Crippen LogP contribution < -0.4 is 5.32 Å². The number of pyridine rings is 1. The Kier molecular flexibility index (Phi) is 6.43. The second-order valence-corrected chi connectivity index (χ2v) is 8.24. The van der Waals surface area contributed by atoms with Gasteiger partial charge in [0.25, 0.3) is 0 Å². The summed E-state index contributed by atoms with van der Waals surface area (Å²) in [4.78, 5) is 16.7. The summed E-state index contributed by atoms with van der Waals surface area (Å²) in [5, 5.41) is 12.4. The van der Waals surface area contributed by atoms with Crippen LogP contribution in [0.2, 0.25) is 0 Å². The fourth-order valence-electron chi connectivity index (χ4n) is 3.29. The lowest BCUT2D eigenvalue weighted by Crippen LogP contribution is -2.14. The Morgan fingerprint density at radius 1 is 1.00 bits per heavy atom. The van der Waals surface area contributed by atoms with Crippen LogP contribution in [-0.2, 0) is 4.79 Å². The number of nitrogens with one attached hydrogen (secondary N) is 1. The Bertz CT molecular complexity index is 1160. The third-order valence-corrected chi connectivity index (χ3v) is 5.67. The minimum atomic E-state index is -0.0918. The van der Waals surface area contributed by atoms with Gasteiger partial charge in [-0.3, -0.25) is 14.3 Å². The molecule has 0 fully saturated rings. The van der Waals surface area contributed by atoms with Crippen molar-refractivity contribution in [3.63, 3.8) is 0 Å². The highest BCUT2D eigenvalue weighted by atomic mass is 32.2. The van der Waals surface area contributed by atoms with E-state index in [1.807, 2.05) is 59.2 Å². The summed E-state index contributed by atoms with van der Waals surface area (Å²) >= 11 is 1.36. The maximum atomic E-state index is 12.5. The highest BCUT2D eigenvalue weighted by Gasteiger charge is 2.20. The molecule has 0 aliphatic carbocycles. The van der Waals surface area contributed by atoms with E-state index < -0.39 is 0 Å². The van der Waals surface area contributed by atoms with E-state index in [1.165, 1.54) is 17.3 Å². The summed E-state index contributed by atoms with van der Waals surface area (Å²) in [7, 11) is 0. The highest BCUT2D eigenvalue weighted by molar-refractivity contribution is 7.99. The first-order valence-electron chi connectivity index (χ1n) is 10.1. The Hall–Kier alpha value is -3.45. The lowest BCUT2D eigenvalue weighted by atomic mass is 10.0. The molecular formula is C24H23N5OS. The molecule has 0 radical (unpaired) electrons. The van der Waals surface area contributed by atoms with Crippen molar-refractivity contribution in [1.82, 2.24) is 19.7 Å². The third-order valence-electron chi connectivity index (χ3n) is 4.74. The van der Waals surface area contributed by atoms with Crippen molar-refractivity contribution in [2.24, 2.45) is 0 Å². The van der Waals surface area contributed by atoms with Gasteiger partial charge in [-0.25, -0.2) is 0 Å². The fourth-order valence-corrected chi connectivity index (χ4v) is 4.04. The number of carbonyl (C=O) groups is 1. The number of benzene rings is 2. The molecule has 1 N–H and O–H groups in total. The van der Waals surface area contributed by atoms with Crippen LogP contribution in [0.3, 0.4) is 0 Å². The topological polar surface area (TPSA) is 72.7 Å². The number of carbonyl (C=O) groups excluding carboxylic acids is 1. The van der Waals surface area contributed by atoms with Crippen molar-refractivity contribution < 1.29 is 4.79 Å². The van der Waals surface area contributed by atoms with Gasteiger partial charge in [0.15, 0.2) is 11.0 Å². The molecule has 0 bridgehead atoms. The van der Waals surface area contributed by atoms with Gasteiger partial charge in [-0.05, 0) is 41.8 Å². The SMILES string of the molecule is CC(C)c1ccccc1-n1c(SCC(=O)Nc2ccccc2)nnc1-c1cccnc1. The van der Waals surface area contributed by atoms with Crippen molar-refractivity contribution >= 4 is 23.4 Å². The van der Waals surface area contributed by atoms with Crippen molar-refractivity contribution in [3.05, 3.63) is 84.7 Å². The van der Waals surface area contributed by atoms with Crippen molar-refractivity contribution in [3.8, 4) is 17.1 Å². The van der Waals surface area contributed by atoms with Gasteiger partial charge in [-0.15, -0.1) is 10.2 Å². The van der Waals surface area contributed by atoms with Gasteiger partial charge in [0, 0.05) is 23.6 Å². The van der Waals surface area contributed by atoms with Crippen LogP contribution in [0.1, 0.15) is 25.3 Å². The van der Waals surface area contributed by atoms with Crippen molar-refractivity contribution in [2.45, 2.75) is 24.9 Å². The normalized spacial score (nSPS) is 10.9. The zero-order valence-electron chi connectivity index (χ0n) is 17.4. The van der Waals surface area contributed by atoms with Crippen LogP contribution in [0.15, 0.2) is 84.3 Å². The van der Waals surface area contributed by atoms with Crippen molar-refractivity contribution in [2.75, 3.05) is 11.1 Å². The third kappa shape index (κ3) is 4.83. The van der Waals surface area contributed by atoms with Crippen LogP contribution in [-0.4, -0.2) is 31.4 Å². The van der Waals surface area contributed by atoms with Crippen LogP contribution in [0.5, 0.6) is 0 Å². The number of hydrogen-bond donors (Lipinski definition) is 1. The maximum absolute atomic E-state index is 12.5. The molecule has 4 aromatic rings. The standard InChI is InChI=1S/C24H23N5OS/c1-17(2)20-12-6-7-13-21(20)29-23(18-9-8-14-25-15-18)27-28-24(29)31-16-22(30)26-19-10-4-3-5-11-19/h3-15,17H,16H2,1-2H3,(H,26,30). The lowest BCUT2D eigenvalue weighted by Gasteiger charge is -2.16. The predicted octanol–water partition coefficient (Wildman–Crippen LogP) is 5.18. The quantitative estimate of drug-likeness (QED) is 0.410. The number of aromatic nitrogens is 4. The first kappa shape index (κ1) is 20.8. The summed E-state index contributed by atoms with van der Waals surface area (Å²) < 4.78 is 2.02. The molecule has 0 saturated carbocycles. The molecular weight excluding hydrogens is 406 g/mol. The van der Waals surface area contributed by atoms with E-state index in [0.717, 1.165) is 16.9 Å². The number of hydrogen-bond acceptors (Lipinski definition) is 5. The molecule has 1 amide bonds. The van der Waals surface area contributed by atoms with E-state index in [2.05, 4.69) is 46.5 Å². The summed E-state index contributed by atoms with van der Waals surface area (Å²) in [6, 6.07) is 21.5. The van der Waals surface area contributed by atoms with E-state index in [4.69, 9.17) is 0 Å². The Balaban J connectivity index is 1.67. The first-order chi connectivity index (χ1) is 15.1. The second kappa shape index (κ2) is 9.57. The highest BCUT2D eigenvalue weighted by Crippen LogP contribution is 2.31. The Labute approximate surface area is 185 Å². The number of thioether (sulfide) groups is 1. The average molecular weight is 430 g/mol. The molecule has 156 valence electrons. The molecule has 0 spiro atoms. The number of amides is 1. The molecule has 0 unspecified atom stereocenters. The molecule has 31 heavy (non-hydrogen) atoms. The molecule has 0 aliphatic rings. The van der Waals surface area contributed by atoms with E-state index in [1.54, 1.807) is 12.4 Å². The molecule has 0 saturated heterocycles. The van der Waals surface area contributed by atoms with Crippen LogP contribution in [0, 0.1) is 0 Å². The van der Waals surface area contributed by atoms with Gasteiger partial charge in [0.05, 0.1) is 11.4 Å². The van der Waals surface area contributed by atoms with Gasteiger partial charge in [-0.2, -0.15) is 0 Å². The summed E-state index contributed by atoms with van der Waals surface area (Å²) in [6.45, 7) is 4.32. The van der Waals surface area contributed by atoms with E-state index in [-0.39, 0.29) is 11.7 Å². The number of anilines is 1. The minimum Gasteiger partial charge on any atom is -0.325 e. The van der Waals surface area contributed by atoms with Gasteiger partial charge in [0.1, 0.15) is 0 Å². The van der Waals surface area contributed by atoms with Gasteiger partial charge in [0.2, 0.25) is 5.91 Å². The number of nitrogens with zero attached hydrogens (tertiary/aromatic N) is 4. The Morgan fingerprint density at radius 2 is 1.77 bits per heavy atom. The molecule has 4 rings (SSSR count).